The minimum Gasteiger partial charge on any atom is -0.455 e. The van der Waals surface area contributed by atoms with Crippen molar-refractivity contribution in [3.8, 4) is 95.0 Å². The van der Waals surface area contributed by atoms with Crippen LogP contribution in [0.15, 0.2) is 536 Å². The lowest BCUT2D eigenvalue weighted by atomic mass is 9.79. The van der Waals surface area contributed by atoms with Gasteiger partial charge in [0.2, 0.25) is 0 Å². The minimum atomic E-state index is -1.46. The SMILES string of the molecule is Brc1ccc2c(c1)c1ccccc1n2-c1cccc2c1oc1ccccc12.Brc1cccc2c1oc1ccccc12.OB(O)c1cccc(-c2cccc(-c3cccc(-c4ccccc4)c3)c2)c1.c1ccc(-c2cccc(-c3cccc(-c4cccc(-c5ccc6c(c5)c5ccccc5n6-c5cccc6c5oc5ccccc56)c4)c3)c2)cc1.c1ccc2c(c1)oc1c(-n3c4ccccc4c4ccccc43)cccc12. The second-order valence-corrected chi connectivity index (χ2v) is 37.8. The number of benzene rings is 22. The Kier molecular flexibility index (Phi) is 23.1. The van der Waals surface area contributed by atoms with Gasteiger partial charge in [-0.3, -0.25) is 0 Å². The highest BCUT2D eigenvalue weighted by Gasteiger charge is 2.24. The molecular weight excluding hydrogens is 1890 g/mol. The van der Waals surface area contributed by atoms with E-state index in [9.17, 15) is 10.0 Å². The molecule has 0 saturated carbocycles. The molecule has 0 atom stereocenters. The Morgan fingerprint density at radius 3 is 0.757 bits per heavy atom. The molecule has 0 saturated heterocycles. The fourth-order valence-corrected chi connectivity index (χ4v) is 21.6. The number of furan rings is 4. The van der Waals surface area contributed by atoms with E-state index < -0.39 is 7.12 Å². The summed E-state index contributed by atoms with van der Waals surface area (Å²) in [5, 5.41) is 35.5. The molecule has 9 nitrogen and oxygen atoms in total. The van der Waals surface area contributed by atoms with Crippen LogP contribution in [-0.4, -0.2) is 30.9 Å². The predicted molar refractivity (Wildman–Crippen MR) is 608 cm³/mol. The Labute approximate surface area is 845 Å². The molecule has 0 unspecified atom stereocenters. The topological polar surface area (TPSA) is 108 Å². The van der Waals surface area contributed by atoms with Gasteiger partial charge in [-0.25, -0.2) is 0 Å². The van der Waals surface area contributed by atoms with E-state index in [1.54, 1.807) is 6.07 Å². The van der Waals surface area contributed by atoms with Crippen LogP contribution in [0.5, 0.6) is 0 Å². The molecule has 0 aliphatic carbocycles. The Bertz CT molecular complexity index is 9920. The summed E-state index contributed by atoms with van der Waals surface area (Å²) in [6.07, 6.45) is 0. The first kappa shape index (κ1) is 87.9. The van der Waals surface area contributed by atoms with E-state index in [1.165, 1.54) is 115 Å². The summed E-state index contributed by atoms with van der Waals surface area (Å²) in [6, 6.07) is 177. The second-order valence-electron chi connectivity index (χ2n) is 36.1. The molecule has 7 heterocycles. The van der Waals surface area contributed by atoms with E-state index in [0.717, 1.165) is 142 Å². The lowest BCUT2D eigenvalue weighted by Gasteiger charge is -2.11. The third-order valence-corrected chi connectivity index (χ3v) is 28.6. The normalized spacial score (nSPS) is 11.5. The van der Waals surface area contributed by atoms with Crippen molar-refractivity contribution in [1.82, 2.24) is 13.7 Å². The molecule has 0 radical (unpaired) electrons. The third-order valence-electron chi connectivity index (χ3n) is 27.5. The molecule has 0 fully saturated rings. The molecule has 0 aliphatic heterocycles. The zero-order valence-corrected chi connectivity index (χ0v) is 80.9. The quantitative estimate of drug-likeness (QED) is 0.125. The monoisotopic (exact) mass is 1980 g/mol. The molecule has 12 heteroatoms. The predicted octanol–water partition coefficient (Wildman–Crippen LogP) is 36.2. The molecular formula is C132H86BBr2N3O6. The van der Waals surface area contributed by atoms with Crippen LogP contribution in [0.2, 0.25) is 0 Å². The molecule has 29 aromatic rings. The molecule has 0 bridgehead atoms. The Morgan fingerprint density at radius 2 is 0.403 bits per heavy atom. The van der Waals surface area contributed by atoms with Gasteiger partial charge in [0, 0.05) is 79.9 Å². The second kappa shape index (κ2) is 37.9. The smallest absolute Gasteiger partial charge is 0.455 e. The first-order chi connectivity index (χ1) is 71.1. The number of aromatic nitrogens is 3. The van der Waals surface area contributed by atoms with Crippen molar-refractivity contribution < 1.29 is 27.7 Å². The summed E-state index contributed by atoms with van der Waals surface area (Å²) in [5.41, 5.74) is 34.4. The van der Waals surface area contributed by atoms with Gasteiger partial charge in [0.25, 0.3) is 0 Å². The van der Waals surface area contributed by atoms with Gasteiger partial charge in [0.1, 0.15) is 27.9 Å². The van der Waals surface area contributed by atoms with E-state index in [2.05, 4.69) is 434 Å². The number of hydrogen-bond acceptors (Lipinski definition) is 6. The zero-order valence-electron chi connectivity index (χ0n) is 77.7. The van der Waals surface area contributed by atoms with Crippen LogP contribution in [-0.2, 0) is 0 Å². The van der Waals surface area contributed by atoms with Gasteiger partial charge in [-0.1, -0.05) is 392 Å². The van der Waals surface area contributed by atoms with Gasteiger partial charge in [0.15, 0.2) is 16.7 Å². The summed E-state index contributed by atoms with van der Waals surface area (Å²) >= 11 is 7.10. The van der Waals surface area contributed by atoms with Crippen molar-refractivity contribution in [2.45, 2.75) is 0 Å². The standard InChI is InChI=1S/C48H31NO.C24H19BO2.C24H14BrNO.C24H15NO.C12H7BrO/c1-2-12-32(13-3-1)33-14-8-15-34(28-33)35-16-9-17-36(29-35)37-18-10-19-38(30-37)39-26-27-45-43(31-39)40-20-4-6-23-44(40)49(45)46-24-11-22-42-41-21-5-7-25-47(41)50-48(42)46;26-25(27)24-14-6-13-23(17-24)22-12-5-11-21(16-22)20-10-4-9-19(15-20)18-7-2-1-3-8-18;25-15-12-13-21-19(14-15)16-6-1-3-9-20(16)26(21)22-10-5-8-18-17-7-2-4-11-23(17)27-24(18)22;1-4-12-20-16(8-1)17-9-2-5-13-21(17)25(20)22-14-7-11-19-18-10-3-6-15-23(18)26-24(19)22;13-10-6-3-5-9-8-4-1-2-7-11(8)14-12(9)10/h1-31H;1-17,26-27H;1-14H;1-15H;1-7H. The van der Waals surface area contributed by atoms with Crippen LogP contribution >= 0.6 is 31.9 Å². The molecule has 0 spiro atoms. The molecule has 0 amide bonds. The highest BCUT2D eigenvalue weighted by Crippen LogP contribution is 2.46. The summed E-state index contributed by atoms with van der Waals surface area (Å²) < 4.78 is 33.9. The van der Waals surface area contributed by atoms with Crippen molar-refractivity contribution in [2.24, 2.45) is 0 Å². The van der Waals surface area contributed by atoms with Gasteiger partial charge in [-0.15, -0.1) is 0 Å². The van der Waals surface area contributed by atoms with E-state index in [-0.39, 0.29) is 0 Å². The summed E-state index contributed by atoms with van der Waals surface area (Å²) in [6.45, 7) is 0. The highest BCUT2D eigenvalue weighted by molar-refractivity contribution is 9.11. The van der Waals surface area contributed by atoms with Crippen LogP contribution in [0.1, 0.15) is 0 Å². The summed E-state index contributed by atoms with van der Waals surface area (Å²) in [7, 11) is -1.46. The largest absolute Gasteiger partial charge is 0.488 e. The van der Waals surface area contributed by atoms with Crippen LogP contribution in [0.3, 0.4) is 0 Å². The van der Waals surface area contributed by atoms with Crippen molar-refractivity contribution in [3.63, 3.8) is 0 Å². The van der Waals surface area contributed by atoms with Gasteiger partial charge < -0.3 is 41.4 Å². The molecule has 7 aromatic heterocycles. The molecule has 29 rings (SSSR count). The maximum atomic E-state index is 9.42. The first-order valence-corrected chi connectivity index (χ1v) is 49.7. The number of hydrogen-bond donors (Lipinski definition) is 2. The summed E-state index contributed by atoms with van der Waals surface area (Å²) in [5.74, 6) is 0. The Balaban J connectivity index is 0.0000000997. The number of rotatable bonds is 11. The Morgan fingerprint density at radius 1 is 0.167 bits per heavy atom. The zero-order chi connectivity index (χ0) is 96.2. The number of fused-ring (bicyclic) bond motifs is 21. The number of para-hydroxylation sites is 12. The van der Waals surface area contributed by atoms with Gasteiger partial charge >= 0.3 is 7.12 Å². The molecule has 2 N–H and O–H groups in total. The lowest BCUT2D eigenvalue weighted by molar-refractivity contribution is 0.426. The lowest BCUT2D eigenvalue weighted by Crippen LogP contribution is -2.29. The van der Waals surface area contributed by atoms with Gasteiger partial charge in [-0.05, 0) is 233 Å². The fraction of sp³-hybridized carbons (Fsp3) is 0. The van der Waals surface area contributed by atoms with E-state index in [0.29, 0.717) is 5.46 Å². The molecule has 0 aliphatic rings. The van der Waals surface area contributed by atoms with Gasteiger partial charge in [-0.2, -0.15) is 0 Å². The van der Waals surface area contributed by atoms with Crippen molar-refractivity contribution in [3.05, 3.63) is 519 Å². The van der Waals surface area contributed by atoms with E-state index in [1.807, 2.05) is 115 Å². The van der Waals surface area contributed by atoms with Crippen molar-refractivity contribution >= 4 is 198 Å². The maximum Gasteiger partial charge on any atom is 0.488 e. The first-order valence-electron chi connectivity index (χ1n) is 48.1. The van der Waals surface area contributed by atoms with Crippen LogP contribution in [0.25, 0.3) is 248 Å². The number of nitrogens with zero attached hydrogens (tertiary/aromatic N) is 3. The Hall–Kier alpha value is -17.6. The van der Waals surface area contributed by atoms with Crippen LogP contribution in [0.4, 0.5) is 0 Å². The number of halogens is 2. The van der Waals surface area contributed by atoms with Crippen LogP contribution < -0.4 is 5.46 Å². The van der Waals surface area contributed by atoms with E-state index >= 15 is 0 Å². The van der Waals surface area contributed by atoms with E-state index in [4.69, 9.17) is 17.7 Å². The van der Waals surface area contributed by atoms with Crippen LogP contribution in [0, 0.1) is 0 Å². The van der Waals surface area contributed by atoms with Crippen molar-refractivity contribution in [1.29, 1.82) is 0 Å². The average molecular weight is 1980 g/mol. The third kappa shape index (κ3) is 16.3. The highest BCUT2D eigenvalue weighted by atomic mass is 79.9. The fourth-order valence-electron chi connectivity index (χ4n) is 20.8. The maximum absolute atomic E-state index is 9.42. The minimum absolute atomic E-state index is 0.490. The molecule has 22 aromatic carbocycles. The molecule has 144 heavy (non-hydrogen) atoms. The average Bonchev–Trinajstić information content (AvgIpc) is 1.58. The van der Waals surface area contributed by atoms with Gasteiger partial charge in [0.05, 0.1) is 54.6 Å². The molecule has 682 valence electrons. The van der Waals surface area contributed by atoms with Crippen molar-refractivity contribution in [2.75, 3.05) is 0 Å². The summed E-state index contributed by atoms with van der Waals surface area (Å²) in [4.78, 5) is 0.